The number of nitrogens with zero attached hydrogens (tertiary/aromatic N) is 4. The number of urea groups is 1. The summed E-state index contributed by atoms with van der Waals surface area (Å²) in [5.74, 6) is -0.453. The van der Waals surface area contributed by atoms with Gasteiger partial charge in [-0.25, -0.2) is 9.78 Å². The molecule has 1 saturated heterocycles. The van der Waals surface area contributed by atoms with Crippen LogP contribution in [0.5, 0.6) is 0 Å². The van der Waals surface area contributed by atoms with Crippen molar-refractivity contribution >= 4 is 34.2 Å². The van der Waals surface area contributed by atoms with Crippen molar-refractivity contribution in [2.45, 2.75) is 31.4 Å². The van der Waals surface area contributed by atoms with E-state index in [0.717, 1.165) is 29.3 Å². The summed E-state index contributed by atoms with van der Waals surface area (Å²) in [7, 11) is 0. The second-order valence-electron chi connectivity index (χ2n) is 8.18. The van der Waals surface area contributed by atoms with Crippen molar-refractivity contribution in [1.29, 1.82) is 0 Å². The molecule has 0 saturated carbocycles. The molecule has 0 aliphatic carbocycles. The minimum absolute atomic E-state index is 0.137. The number of carbonyl (C=O) groups excluding carboxylic acids is 1. The maximum Gasteiger partial charge on any atom is 0.321 e. The van der Waals surface area contributed by atoms with Crippen LogP contribution in [-0.2, 0) is 5.54 Å². The van der Waals surface area contributed by atoms with E-state index in [9.17, 15) is 14.3 Å². The summed E-state index contributed by atoms with van der Waals surface area (Å²) < 4.78 is 14.9. The molecular weight excluding hydrogens is 409 g/mol. The Morgan fingerprint density at radius 2 is 2.07 bits per heavy atom. The van der Waals surface area contributed by atoms with Crippen LogP contribution in [0.4, 0.5) is 14.9 Å². The third-order valence-electron chi connectivity index (χ3n) is 6.55. The first-order valence-corrected chi connectivity index (χ1v) is 10.3. The molecule has 1 fully saturated rings. The molecule has 2 aliphatic rings. The van der Waals surface area contributed by atoms with E-state index in [1.165, 1.54) is 18.3 Å². The Bertz CT molecular complexity index is 1130. The number of carbonyl (C=O) groups is 1. The lowest BCUT2D eigenvalue weighted by molar-refractivity contribution is -0.0111. The molecule has 5 rings (SSSR count). The lowest BCUT2D eigenvalue weighted by Crippen LogP contribution is -2.49. The van der Waals surface area contributed by atoms with Crippen molar-refractivity contribution in [2.75, 3.05) is 18.4 Å². The smallest absolute Gasteiger partial charge is 0.321 e. The number of pyridine rings is 1. The number of aliphatic hydroxyl groups is 1. The summed E-state index contributed by atoms with van der Waals surface area (Å²) in [6, 6.07) is 6.12. The van der Waals surface area contributed by atoms with E-state index in [1.54, 1.807) is 11.1 Å². The fourth-order valence-electron chi connectivity index (χ4n) is 4.88. The van der Waals surface area contributed by atoms with E-state index in [-0.39, 0.29) is 11.9 Å². The molecule has 1 aromatic carbocycles. The largest absolute Gasteiger partial charge is 0.386 e. The normalized spacial score (nSPS) is 23.9. The predicted molar refractivity (Wildman–Crippen MR) is 111 cm³/mol. The van der Waals surface area contributed by atoms with E-state index in [0.29, 0.717) is 23.8 Å². The minimum atomic E-state index is -0.710. The highest BCUT2D eigenvalue weighted by Gasteiger charge is 2.50. The fourth-order valence-corrected chi connectivity index (χ4v) is 5.12. The molecule has 3 aromatic rings. The van der Waals surface area contributed by atoms with Gasteiger partial charge in [-0.05, 0) is 49.9 Å². The number of likely N-dealkylation sites (tertiary alicyclic amines) is 1. The van der Waals surface area contributed by atoms with E-state index in [4.69, 9.17) is 11.6 Å². The van der Waals surface area contributed by atoms with Gasteiger partial charge in [0.05, 0.1) is 29.1 Å². The van der Waals surface area contributed by atoms with E-state index in [1.807, 2.05) is 23.7 Å². The Morgan fingerprint density at radius 1 is 1.30 bits per heavy atom. The molecule has 2 aromatic heterocycles. The summed E-state index contributed by atoms with van der Waals surface area (Å²) in [4.78, 5) is 17.8. The molecule has 30 heavy (non-hydrogen) atoms. The van der Waals surface area contributed by atoms with Crippen LogP contribution >= 0.6 is 11.6 Å². The first kappa shape index (κ1) is 19.3. The lowest BCUT2D eigenvalue weighted by atomic mass is 9.75. The first-order chi connectivity index (χ1) is 14.4. The molecule has 4 heterocycles. The zero-order valence-electron chi connectivity index (χ0n) is 16.3. The zero-order valence-corrected chi connectivity index (χ0v) is 17.1. The molecule has 2 aliphatic heterocycles. The summed E-state index contributed by atoms with van der Waals surface area (Å²) in [6.45, 7) is 3.13. The second kappa shape index (κ2) is 6.92. The Hall–Kier alpha value is -2.71. The summed E-state index contributed by atoms with van der Waals surface area (Å²) in [5.41, 5.74) is 1.59. The minimum Gasteiger partial charge on any atom is -0.386 e. The third-order valence-corrected chi connectivity index (χ3v) is 6.77. The summed E-state index contributed by atoms with van der Waals surface area (Å²) >= 11 is 6.23. The van der Waals surface area contributed by atoms with Crippen molar-refractivity contribution in [1.82, 2.24) is 19.7 Å². The van der Waals surface area contributed by atoms with E-state index in [2.05, 4.69) is 15.4 Å². The van der Waals surface area contributed by atoms with Gasteiger partial charge >= 0.3 is 6.03 Å². The Balaban J connectivity index is 1.32. The van der Waals surface area contributed by atoms with Crippen LogP contribution in [0.15, 0.2) is 36.7 Å². The number of aliphatic hydroxyl groups excluding tert-OH is 1. The van der Waals surface area contributed by atoms with Crippen LogP contribution in [0.25, 0.3) is 10.9 Å². The number of rotatable bonds is 2. The Morgan fingerprint density at radius 3 is 2.77 bits per heavy atom. The van der Waals surface area contributed by atoms with Crippen molar-refractivity contribution < 1.29 is 14.3 Å². The highest BCUT2D eigenvalue weighted by molar-refractivity contribution is 6.31. The van der Waals surface area contributed by atoms with Crippen LogP contribution in [0, 0.1) is 11.9 Å². The molecular formula is C21H21ClFN5O2. The lowest BCUT2D eigenvalue weighted by Gasteiger charge is -2.42. The van der Waals surface area contributed by atoms with Crippen molar-refractivity contribution in [3.05, 3.63) is 53.2 Å². The molecule has 2 atom stereocenters. The summed E-state index contributed by atoms with van der Waals surface area (Å²) in [6.07, 6.45) is 3.82. The van der Waals surface area contributed by atoms with Crippen molar-refractivity contribution in [2.24, 2.45) is 5.92 Å². The van der Waals surface area contributed by atoms with Gasteiger partial charge < -0.3 is 15.3 Å². The number of hydrogen-bond donors (Lipinski definition) is 2. The van der Waals surface area contributed by atoms with Gasteiger partial charge in [-0.2, -0.15) is 9.49 Å². The SMILES string of the molecule is CC1(C2CCN(C(=O)Nc3ccc(F)nc3)CC2)[C@H](O)c2cc(Cl)cc3cnn1c23. The fraction of sp³-hybridized carbons (Fsp3) is 0.381. The topological polar surface area (TPSA) is 83.3 Å². The quantitative estimate of drug-likeness (QED) is 0.604. The van der Waals surface area contributed by atoms with Gasteiger partial charge in [0.2, 0.25) is 5.95 Å². The molecule has 2 amide bonds. The highest BCUT2D eigenvalue weighted by Crippen LogP contribution is 2.51. The zero-order chi connectivity index (χ0) is 21.0. The second-order valence-corrected chi connectivity index (χ2v) is 8.62. The number of piperidine rings is 1. The monoisotopic (exact) mass is 429 g/mol. The maximum absolute atomic E-state index is 12.9. The number of halogens is 2. The van der Waals surface area contributed by atoms with Gasteiger partial charge in [-0.1, -0.05) is 11.6 Å². The average molecular weight is 430 g/mol. The predicted octanol–water partition coefficient (Wildman–Crippen LogP) is 3.93. The third kappa shape index (κ3) is 2.86. The molecule has 156 valence electrons. The van der Waals surface area contributed by atoms with Gasteiger partial charge in [-0.3, -0.25) is 4.68 Å². The molecule has 0 radical (unpaired) electrons. The highest BCUT2D eigenvalue weighted by atomic mass is 35.5. The summed E-state index contributed by atoms with van der Waals surface area (Å²) in [5, 5.41) is 20.0. The molecule has 0 spiro atoms. The van der Waals surface area contributed by atoms with Crippen LogP contribution in [0.1, 0.15) is 31.4 Å². The van der Waals surface area contributed by atoms with Crippen LogP contribution < -0.4 is 5.32 Å². The first-order valence-electron chi connectivity index (χ1n) is 9.91. The standard InChI is InChI=1S/C21H21ClFN5O2/c1-21(19(29)16-9-14(22)8-12-10-25-28(21)18(12)16)13-4-6-27(7-5-13)20(30)26-15-2-3-17(23)24-11-15/h2-3,8-11,13,19,29H,4-7H2,1H3,(H,26,30)/t19-,21?/m1/s1. The van der Waals surface area contributed by atoms with E-state index >= 15 is 0 Å². The number of aromatic nitrogens is 3. The molecule has 7 nitrogen and oxygen atoms in total. The number of benzene rings is 1. The Labute approximate surface area is 177 Å². The number of amides is 2. The van der Waals surface area contributed by atoms with Gasteiger partial charge in [0.15, 0.2) is 0 Å². The maximum atomic E-state index is 12.9. The van der Waals surface area contributed by atoms with Crippen LogP contribution in [-0.4, -0.2) is 43.9 Å². The van der Waals surface area contributed by atoms with Crippen molar-refractivity contribution in [3.63, 3.8) is 0 Å². The van der Waals surface area contributed by atoms with Gasteiger partial charge in [0.1, 0.15) is 6.10 Å². The van der Waals surface area contributed by atoms with Gasteiger partial charge in [0, 0.05) is 29.1 Å². The van der Waals surface area contributed by atoms with Gasteiger partial charge in [0.25, 0.3) is 0 Å². The van der Waals surface area contributed by atoms with Crippen LogP contribution in [0.2, 0.25) is 5.02 Å². The van der Waals surface area contributed by atoms with Gasteiger partial charge in [-0.15, -0.1) is 0 Å². The average Bonchev–Trinajstić information content (AvgIpc) is 3.26. The Kier molecular flexibility index (Phi) is 4.44. The molecule has 0 bridgehead atoms. The number of nitrogens with one attached hydrogen (secondary N) is 1. The van der Waals surface area contributed by atoms with Crippen molar-refractivity contribution in [3.8, 4) is 0 Å². The van der Waals surface area contributed by atoms with Crippen LogP contribution in [0.3, 0.4) is 0 Å². The molecule has 1 unspecified atom stereocenters. The number of anilines is 1. The number of hydrogen-bond acceptors (Lipinski definition) is 4. The molecule has 2 N–H and O–H groups in total. The molecule has 9 heteroatoms. The van der Waals surface area contributed by atoms with E-state index < -0.39 is 17.6 Å².